The van der Waals surface area contributed by atoms with Gasteiger partial charge < -0.3 is 9.47 Å². The number of aromatic nitrogens is 1. The first-order valence-electron chi connectivity index (χ1n) is 5.18. The lowest BCUT2D eigenvalue weighted by Gasteiger charge is -2.04. The molecule has 0 aliphatic carbocycles. The lowest BCUT2D eigenvalue weighted by Crippen LogP contribution is -1.98. The molecule has 102 valence electrons. The third kappa shape index (κ3) is 2.85. The Morgan fingerprint density at radius 2 is 2.20 bits per heavy atom. The monoisotopic (exact) mass is 328 g/mol. The highest BCUT2D eigenvalue weighted by Crippen LogP contribution is 2.35. The van der Waals surface area contributed by atoms with Crippen molar-refractivity contribution >= 4 is 40.5 Å². The lowest BCUT2D eigenvalue weighted by atomic mass is 10.2. The van der Waals surface area contributed by atoms with Crippen molar-refractivity contribution in [3.8, 4) is 17.0 Å². The fourth-order valence-electron chi connectivity index (χ4n) is 1.34. The number of benzene rings is 1. The molecule has 0 saturated heterocycles. The van der Waals surface area contributed by atoms with Crippen molar-refractivity contribution < 1.29 is 14.3 Å². The number of hydrogen-bond donors (Lipinski definition) is 0. The topological polar surface area (TPSA) is 72.2 Å². The molecule has 0 unspecified atom stereocenters. The van der Waals surface area contributed by atoms with E-state index in [0.717, 1.165) is 11.3 Å². The second kappa shape index (κ2) is 6.09. The molecule has 5 nitrogen and oxygen atoms in total. The van der Waals surface area contributed by atoms with Gasteiger partial charge in [0.25, 0.3) is 5.19 Å². The van der Waals surface area contributed by atoms with Crippen LogP contribution in [-0.4, -0.2) is 18.1 Å². The number of rotatable bonds is 3. The van der Waals surface area contributed by atoms with E-state index in [-0.39, 0.29) is 31.6 Å². The van der Waals surface area contributed by atoms with Crippen molar-refractivity contribution in [2.75, 3.05) is 7.11 Å². The van der Waals surface area contributed by atoms with Gasteiger partial charge in [0.15, 0.2) is 10.0 Å². The maximum atomic E-state index is 11.4. The zero-order valence-corrected chi connectivity index (χ0v) is 12.3. The number of ether oxygens (including phenoxy) is 2. The molecule has 0 radical (unpaired) electrons. The van der Waals surface area contributed by atoms with Gasteiger partial charge in [0.1, 0.15) is 17.4 Å². The second-order valence-corrected chi connectivity index (χ2v) is 5.14. The van der Waals surface area contributed by atoms with E-state index < -0.39 is 5.97 Å². The van der Waals surface area contributed by atoms with Crippen molar-refractivity contribution in [1.29, 1.82) is 5.26 Å². The Labute approximate surface area is 128 Å². The standard InChI is InChI=1S/C12H6Cl2N2O3S/c1-18-11(17)9-10(14)16-12(20-9)19-8-4-2-3-7(13)6(8)5-15/h2-4H,1H3. The van der Waals surface area contributed by atoms with Gasteiger partial charge in [-0.1, -0.05) is 40.6 Å². The van der Waals surface area contributed by atoms with Crippen LogP contribution >= 0.6 is 34.5 Å². The van der Waals surface area contributed by atoms with E-state index in [1.54, 1.807) is 18.2 Å². The van der Waals surface area contributed by atoms with E-state index in [1.807, 2.05) is 6.07 Å². The summed E-state index contributed by atoms with van der Waals surface area (Å²) in [6.45, 7) is 0. The van der Waals surface area contributed by atoms with Crippen LogP contribution in [0.5, 0.6) is 10.9 Å². The van der Waals surface area contributed by atoms with Gasteiger partial charge >= 0.3 is 5.97 Å². The molecule has 1 aromatic heterocycles. The molecule has 8 heteroatoms. The zero-order valence-electron chi connectivity index (χ0n) is 10.0. The van der Waals surface area contributed by atoms with Crippen LogP contribution in [0.1, 0.15) is 15.2 Å². The highest BCUT2D eigenvalue weighted by Gasteiger charge is 2.19. The molecule has 0 fully saturated rings. The Hall–Kier alpha value is -1.81. The largest absolute Gasteiger partial charge is 0.465 e. The van der Waals surface area contributed by atoms with Gasteiger partial charge in [-0.2, -0.15) is 10.2 Å². The van der Waals surface area contributed by atoms with E-state index in [2.05, 4.69) is 9.72 Å². The minimum Gasteiger partial charge on any atom is -0.465 e. The molecule has 1 aromatic carbocycles. The molecule has 0 bridgehead atoms. The van der Waals surface area contributed by atoms with Gasteiger partial charge in [-0.25, -0.2) is 4.79 Å². The maximum absolute atomic E-state index is 11.4. The fraction of sp³-hybridized carbons (Fsp3) is 0.0833. The molecular formula is C12H6Cl2N2O3S. The summed E-state index contributed by atoms with van der Waals surface area (Å²) in [6.07, 6.45) is 0. The molecule has 0 aliphatic heterocycles. The number of halogens is 2. The molecule has 0 amide bonds. The summed E-state index contributed by atoms with van der Waals surface area (Å²) in [6, 6.07) is 6.71. The van der Waals surface area contributed by atoms with Crippen LogP contribution in [0.3, 0.4) is 0 Å². The molecule has 0 aliphatic rings. The maximum Gasteiger partial charge on any atom is 0.351 e. The number of carbonyl (C=O) groups is 1. The van der Waals surface area contributed by atoms with Crippen LogP contribution in [0, 0.1) is 11.3 Å². The van der Waals surface area contributed by atoms with Gasteiger partial charge in [-0.15, -0.1) is 0 Å². The van der Waals surface area contributed by atoms with Crippen molar-refractivity contribution in [2.45, 2.75) is 0 Å². The minimum atomic E-state index is -0.603. The molecule has 2 rings (SSSR count). The van der Waals surface area contributed by atoms with Gasteiger partial charge in [-0.05, 0) is 12.1 Å². The average Bonchev–Trinajstić information content (AvgIpc) is 2.79. The van der Waals surface area contributed by atoms with Gasteiger partial charge in [0, 0.05) is 0 Å². The molecule has 0 saturated carbocycles. The predicted molar refractivity (Wildman–Crippen MR) is 74.7 cm³/mol. The molecule has 0 N–H and O–H groups in total. The average molecular weight is 329 g/mol. The quantitative estimate of drug-likeness (QED) is 0.799. The molecule has 0 spiro atoms. The SMILES string of the molecule is COC(=O)c1sc(Oc2cccc(Cl)c2C#N)nc1Cl. The molecule has 0 atom stereocenters. The number of thiazole rings is 1. The fourth-order valence-corrected chi connectivity index (χ4v) is 2.60. The summed E-state index contributed by atoms with van der Waals surface area (Å²) >= 11 is 12.6. The molecule has 2 aromatic rings. The zero-order chi connectivity index (χ0) is 14.7. The van der Waals surface area contributed by atoms with Crippen LogP contribution in [0.15, 0.2) is 18.2 Å². The highest BCUT2D eigenvalue weighted by molar-refractivity contribution is 7.15. The van der Waals surface area contributed by atoms with Gasteiger partial charge in [0.2, 0.25) is 0 Å². The van der Waals surface area contributed by atoms with E-state index >= 15 is 0 Å². The summed E-state index contributed by atoms with van der Waals surface area (Å²) in [5.74, 6) is -0.365. The number of carbonyl (C=O) groups excluding carboxylic acids is 1. The van der Waals surface area contributed by atoms with E-state index in [1.165, 1.54) is 7.11 Å². The predicted octanol–water partition coefficient (Wildman–Crippen LogP) is 3.90. The third-order valence-corrected chi connectivity index (χ3v) is 3.84. The second-order valence-electron chi connectivity index (χ2n) is 3.42. The Balaban J connectivity index is 2.35. The summed E-state index contributed by atoms with van der Waals surface area (Å²) in [7, 11) is 1.24. The lowest BCUT2D eigenvalue weighted by molar-refractivity contribution is 0.0606. The Kier molecular flexibility index (Phi) is 4.45. The van der Waals surface area contributed by atoms with E-state index in [0.29, 0.717) is 0 Å². The Bertz CT molecular complexity index is 709. The minimum absolute atomic E-state index is 0.0163. The van der Waals surface area contributed by atoms with Crippen LogP contribution < -0.4 is 4.74 Å². The van der Waals surface area contributed by atoms with Crippen LogP contribution in [-0.2, 0) is 4.74 Å². The van der Waals surface area contributed by atoms with Crippen molar-refractivity contribution in [3.05, 3.63) is 38.8 Å². The Morgan fingerprint density at radius 3 is 2.85 bits per heavy atom. The van der Waals surface area contributed by atoms with E-state index in [9.17, 15) is 4.79 Å². The summed E-state index contributed by atoms with van der Waals surface area (Å²) in [5.41, 5.74) is 0.181. The summed E-state index contributed by atoms with van der Waals surface area (Å²) in [4.78, 5) is 15.4. The normalized spacial score (nSPS) is 9.90. The van der Waals surface area contributed by atoms with Crippen molar-refractivity contribution in [1.82, 2.24) is 4.98 Å². The van der Waals surface area contributed by atoms with Crippen LogP contribution in [0.2, 0.25) is 10.2 Å². The van der Waals surface area contributed by atoms with Crippen LogP contribution in [0.4, 0.5) is 0 Å². The van der Waals surface area contributed by atoms with E-state index in [4.69, 9.17) is 33.2 Å². The summed E-state index contributed by atoms with van der Waals surface area (Å²) in [5, 5.41) is 9.40. The van der Waals surface area contributed by atoms with Gasteiger partial charge in [0.05, 0.1) is 12.1 Å². The number of methoxy groups -OCH3 is 1. The number of esters is 1. The smallest absolute Gasteiger partial charge is 0.351 e. The number of hydrogen-bond acceptors (Lipinski definition) is 6. The van der Waals surface area contributed by atoms with Crippen molar-refractivity contribution in [3.63, 3.8) is 0 Å². The highest BCUT2D eigenvalue weighted by atomic mass is 35.5. The van der Waals surface area contributed by atoms with Gasteiger partial charge in [-0.3, -0.25) is 0 Å². The first kappa shape index (κ1) is 14.6. The first-order valence-corrected chi connectivity index (χ1v) is 6.75. The Morgan fingerprint density at radius 1 is 1.45 bits per heavy atom. The molecule has 20 heavy (non-hydrogen) atoms. The third-order valence-electron chi connectivity index (χ3n) is 2.22. The summed E-state index contributed by atoms with van der Waals surface area (Å²) < 4.78 is 10.0. The van der Waals surface area contributed by atoms with Crippen molar-refractivity contribution in [2.24, 2.45) is 0 Å². The molecule has 1 heterocycles. The number of nitrogens with zero attached hydrogens (tertiary/aromatic N) is 2. The molecular weight excluding hydrogens is 323 g/mol. The first-order chi connectivity index (χ1) is 9.56. The number of nitriles is 1. The van der Waals surface area contributed by atoms with Crippen LogP contribution in [0.25, 0.3) is 0 Å².